The quantitative estimate of drug-likeness (QED) is 0.799. The topological polar surface area (TPSA) is 50.2 Å². The molecule has 0 spiro atoms. The lowest BCUT2D eigenvalue weighted by Gasteiger charge is -2.24. The molecule has 1 N–H and O–H groups in total. The normalized spacial score (nSPS) is 24.9. The van der Waals surface area contributed by atoms with E-state index >= 15 is 0 Å². The van der Waals surface area contributed by atoms with E-state index in [1.165, 1.54) is 17.7 Å². The van der Waals surface area contributed by atoms with Crippen molar-refractivity contribution in [1.82, 2.24) is 20.0 Å². The van der Waals surface area contributed by atoms with Crippen molar-refractivity contribution in [1.29, 1.82) is 0 Å². The fourth-order valence-electron chi connectivity index (χ4n) is 4.92. The van der Waals surface area contributed by atoms with E-state index < -0.39 is 0 Å². The van der Waals surface area contributed by atoms with Gasteiger partial charge in [-0.2, -0.15) is 5.10 Å². The summed E-state index contributed by atoms with van der Waals surface area (Å²) in [4.78, 5) is 15.5. The van der Waals surface area contributed by atoms with Gasteiger partial charge in [-0.1, -0.05) is 30.3 Å². The van der Waals surface area contributed by atoms with Gasteiger partial charge in [-0.15, -0.1) is 0 Å². The number of carbonyl (C=O) groups is 1. The third-order valence-electron chi connectivity index (χ3n) is 6.15. The Balaban J connectivity index is 1.32. The van der Waals surface area contributed by atoms with Crippen LogP contribution in [-0.4, -0.2) is 39.7 Å². The van der Waals surface area contributed by atoms with E-state index in [1.807, 2.05) is 11.6 Å². The molecule has 0 radical (unpaired) electrons. The second kappa shape index (κ2) is 7.85. The molecule has 0 saturated carbocycles. The van der Waals surface area contributed by atoms with E-state index in [-0.39, 0.29) is 11.8 Å². The molecule has 1 amide bonds. The van der Waals surface area contributed by atoms with Crippen LogP contribution in [0.2, 0.25) is 0 Å². The average Bonchev–Trinajstić information content (AvgIpc) is 3.34. The van der Waals surface area contributed by atoms with Crippen LogP contribution < -0.4 is 5.32 Å². The molecule has 27 heavy (non-hydrogen) atoms. The van der Waals surface area contributed by atoms with Crippen molar-refractivity contribution >= 4 is 5.91 Å². The van der Waals surface area contributed by atoms with Crippen LogP contribution >= 0.6 is 0 Å². The Bertz CT molecular complexity index is 785. The van der Waals surface area contributed by atoms with Crippen LogP contribution in [0.25, 0.3) is 0 Å². The summed E-state index contributed by atoms with van der Waals surface area (Å²) in [5, 5.41) is 7.69. The molecular formula is C22H30N4O. The average molecular weight is 367 g/mol. The van der Waals surface area contributed by atoms with Crippen LogP contribution in [0.1, 0.15) is 48.7 Å². The number of rotatable bonds is 6. The summed E-state index contributed by atoms with van der Waals surface area (Å²) in [7, 11) is 0. The van der Waals surface area contributed by atoms with Crippen LogP contribution in [0.5, 0.6) is 0 Å². The molecular weight excluding hydrogens is 336 g/mol. The predicted molar refractivity (Wildman–Crippen MR) is 106 cm³/mol. The van der Waals surface area contributed by atoms with E-state index in [0.717, 1.165) is 44.6 Å². The second-order valence-corrected chi connectivity index (χ2v) is 8.01. The van der Waals surface area contributed by atoms with Gasteiger partial charge >= 0.3 is 0 Å². The molecule has 144 valence electrons. The van der Waals surface area contributed by atoms with Gasteiger partial charge in [0, 0.05) is 30.9 Å². The van der Waals surface area contributed by atoms with Crippen molar-refractivity contribution in [3.63, 3.8) is 0 Å². The first-order valence-electron chi connectivity index (χ1n) is 10.2. The zero-order chi connectivity index (χ0) is 18.8. The standard InChI is InChI=1S/C22H30N4O/c1-16-14-17(2)26(24-16)13-7-11-23-22(27)19-15-21(18-8-4-3-5-9-18)25-12-6-10-20(19)25/h3-5,8-9,14,19-21H,6-7,10-13,15H2,1-2H3,(H,23,27)/t19-,20+,21-/m1/s1. The monoisotopic (exact) mass is 366 g/mol. The highest BCUT2D eigenvalue weighted by Gasteiger charge is 2.46. The fraction of sp³-hybridized carbons (Fsp3) is 0.545. The van der Waals surface area contributed by atoms with Gasteiger partial charge in [-0.25, -0.2) is 0 Å². The first-order chi connectivity index (χ1) is 13.1. The third kappa shape index (κ3) is 3.79. The lowest BCUT2D eigenvalue weighted by atomic mass is 9.93. The van der Waals surface area contributed by atoms with Gasteiger partial charge in [-0.05, 0) is 57.7 Å². The number of aromatic nitrogens is 2. The van der Waals surface area contributed by atoms with Crippen molar-refractivity contribution in [2.24, 2.45) is 5.92 Å². The number of aryl methyl sites for hydroxylation is 3. The Morgan fingerprint density at radius 1 is 1.26 bits per heavy atom. The van der Waals surface area contributed by atoms with Gasteiger partial charge in [0.05, 0.1) is 11.6 Å². The summed E-state index contributed by atoms with van der Waals surface area (Å²) in [6.45, 7) is 6.78. The minimum atomic E-state index is 0.117. The van der Waals surface area contributed by atoms with Gasteiger partial charge in [-0.3, -0.25) is 14.4 Å². The first-order valence-corrected chi connectivity index (χ1v) is 10.2. The Labute approximate surface area is 161 Å². The number of nitrogens with zero attached hydrogens (tertiary/aromatic N) is 3. The molecule has 4 rings (SSSR count). The molecule has 2 fully saturated rings. The molecule has 5 nitrogen and oxygen atoms in total. The van der Waals surface area contributed by atoms with E-state index in [4.69, 9.17) is 0 Å². The number of hydrogen-bond donors (Lipinski definition) is 1. The predicted octanol–water partition coefficient (Wildman–Crippen LogP) is 3.23. The molecule has 0 aliphatic carbocycles. The highest BCUT2D eigenvalue weighted by molar-refractivity contribution is 5.80. The maximum Gasteiger partial charge on any atom is 0.224 e. The van der Waals surface area contributed by atoms with E-state index in [9.17, 15) is 4.79 Å². The van der Waals surface area contributed by atoms with Gasteiger partial charge in [0.1, 0.15) is 0 Å². The number of benzene rings is 1. The maximum atomic E-state index is 12.9. The minimum Gasteiger partial charge on any atom is -0.356 e. The van der Waals surface area contributed by atoms with Crippen molar-refractivity contribution in [2.45, 2.75) is 58.2 Å². The Morgan fingerprint density at radius 2 is 2.07 bits per heavy atom. The lowest BCUT2D eigenvalue weighted by Crippen LogP contribution is -2.38. The Morgan fingerprint density at radius 3 is 2.81 bits per heavy atom. The molecule has 0 bridgehead atoms. The molecule has 0 unspecified atom stereocenters. The zero-order valence-electron chi connectivity index (χ0n) is 16.4. The van der Waals surface area contributed by atoms with Crippen LogP contribution in [0.4, 0.5) is 0 Å². The number of nitrogens with one attached hydrogen (secondary N) is 1. The lowest BCUT2D eigenvalue weighted by molar-refractivity contribution is -0.125. The minimum absolute atomic E-state index is 0.117. The molecule has 2 aromatic rings. The molecule has 2 saturated heterocycles. The molecule has 5 heteroatoms. The highest BCUT2D eigenvalue weighted by Crippen LogP contribution is 2.44. The highest BCUT2D eigenvalue weighted by atomic mass is 16.2. The summed E-state index contributed by atoms with van der Waals surface area (Å²) in [5.74, 6) is 0.352. The molecule has 3 heterocycles. The number of fused-ring (bicyclic) bond motifs is 1. The fourth-order valence-corrected chi connectivity index (χ4v) is 4.92. The zero-order valence-corrected chi connectivity index (χ0v) is 16.4. The van der Waals surface area contributed by atoms with Crippen molar-refractivity contribution in [3.05, 3.63) is 53.3 Å². The van der Waals surface area contributed by atoms with Crippen LogP contribution in [0.15, 0.2) is 36.4 Å². The molecule has 3 atom stereocenters. The maximum absolute atomic E-state index is 12.9. The van der Waals surface area contributed by atoms with Crippen LogP contribution in [0.3, 0.4) is 0 Å². The number of hydrogen-bond acceptors (Lipinski definition) is 3. The summed E-state index contributed by atoms with van der Waals surface area (Å²) in [5.41, 5.74) is 3.59. The number of amides is 1. The molecule has 2 aliphatic heterocycles. The Kier molecular flexibility index (Phi) is 5.30. The first kappa shape index (κ1) is 18.2. The van der Waals surface area contributed by atoms with E-state index in [0.29, 0.717) is 12.1 Å². The van der Waals surface area contributed by atoms with Crippen molar-refractivity contribution in [2.75, 3.05) is 13.1 Å². The number of carbonyl (C=O) groups excluding carboxylic acids is 1. The smallest absolute Gasteiger partial charge is 0.224 e. The Hall–Kier alpha value is -2.14. The summed E-state index contributed by atoms with van der Waals surface area (Å²) < 4.78 is 2.03. The van der Waals surface area contributed by atoms with Crippen molar-refractivity contribution in [3.8, 4) is 0 Å². The SMILES string of the molecule is Cc1cc(C)n(CCCNC(=O)[C@@H]2C[C@H](c3ccccc3)N3CCC[C@@H]23)n1. The largest absolute Gasteiger partial charge is 0.356 e. The molecule has 1 aromatic carbocycles. The van der Waals surface area contributed by atoms with Crippen LogP contribution in [0, 0.1) is 19.8 Å². The second-order valence-electron chi connectivity index (χ2n) is 8.01. The van der Waals surface area contributed by atoms with E-state index in [2.05, 4.69) is 58.6 Å². The summed E-state index contributed by atoms with van der Waals surface area (Å²) in [6.07, 6.45) is 4.21. The van der Waals surface area contributed by atoms with Crippen molar-refractivity contribution < 1.29 is 4.79 Å². The summed E-state index contributed by atoms with van der Waals surface area (Å²) >= 11 is 0. The summed E-state index contributed by atoms with van der Waals surface area (Å²) in [6, 6.07) is 13.6. The van der Waals surface area contributed by atoms with Gasteiger partial charge in [0.25, 0.3) is 0 Å². The molecule has 2 aliphatic rings. The third-order valence-corrected chi connectivity index (χ3v) is 6.15. The molecule has 1 aromatic heterocycles. The van der Waals surface area contributed by atoms with Crippen LogP contribution in [-0.2, 0) is 11.3 Å². The van der Waals surface area contributed by atoms with Gasteiger partial charge < -0.3 is 5.32 Å². The van der Waals surface area contributed by atoms with E-state index in [1.54, 1.807) is 0 Å². The van der Waals surface area contributed by atoms with Gasteiger partial charge in [0.15, 0.2) is 0 Å². The van der Waals surface area contributed by atoms with Gasteiger partial charge in [0.2, 0.25) is 5.91 Å².